The lowest BCUT2D eigenvalue weighted by molar-refractivity contribution is 0.0544. The number of imidazole rings is 1. The van der Waals surface area contributed by atoms with Crippen LogP contribution in [0.2, 0.25) is 0 Å². The summed E-state index contributed by atoms with van der Waals surface area (Å²) in [5.74, 6) is 0.707. The van der Waals surface area contributed by atoms with E-state index in [2.05, 4.69) is 15.3 Å². The first-order valence-electron chi connectivity index (χ1n) is 10.5. The molecule has 0 bridgehead atoms. The maximum atomic E-state index is 12.6. The molecule has 9 nitrogen and oxygen atoms in total. The number of carbonyl (C=O) groups excluding carboxylic acids is 1. The molecule has 9 heteroatoms. The van der Waals surface area contributed by atoms with Crippen molar-refractivity contribution in [1.29, 1.82) is 0 Å². The molecule has 0 fully saturated rings. The topological polar surface area (TPSA) is 88.5 Å². The van der Waals surface area contributed by atoms with Crippen LogP contribution in [-0.4, -0.2) is 47.7 Å². The highest BCUT2D eigenvalue weighted by Gasteiger charge is 2.19. The van der Waals surface area contributed by atoms with Crippen LogP contribution in [0.25, 0.3) is 27.7 Å². The first-order chi connectivity index (χ1) is 15.8. The van der Waals surface area contributed by atoms with Crippen LogP contribution < -0.4 is 4.74 Å². The Morgan fingerprint density at radius 1 is 1.09 bits per heavy atom. The number of hydrogen-bond acceptors (Lipinski definition) is 6. The minimum atomic E-state index is -0.566. The van der Waals surface area contributed by atoms with E-state index in [0.717, 1.165) is 33.2 Å². The van der Waals surface area contributed by atoms with Gasteiger partial charge in [0.2, 0.25) is 0 Å². The van der Waals surface area contributed by atoms with Crippen LogP contribution >= 0.6 is 0 Å². The molecule has 4 aromatic heterocycles. The number of carbonyl (C=O) groups is 1. The van der Waals surface area contributed by atoms with Crippen LogP contribution in [0.1, 0.15) is 26.3 Å². The van der Waals surface area contributed by atoms with Crippen molar-refractivity contribution in [2.75, 3.05) is 7.11 Å². The lowest BCUT2D eigenvalue weighted by Crippen LogP contribution is -2.26. The van der Waals surface area contributed by atoms with Crippen LogP contribution in [0.5, 0.6) is 5.75 Å². The van der Waals surface area contributed by atoms with Crippen molar-refractivity contribution < 1.29 is 14.3 Å². The van der Waals surface area contributed by atoms with E-state index in [9.17, 15) is 4.79 Å². The maximum absolute atomic E-state index is 12.6. The molecule has 0 atom stereocenters. The molecule has 1 aromatic carbocycles. The number of rotatable bonds is 4. The molecule has 0 unspecified atom stereocenters. The molecule has 5 rings (SSSR count). The van der Waals surface area contributed by atoms with Crippen LogP contribution in [0.4, 0.5) is 4.79 Å². The number of benzene rings is 1. The summed E-state index contributed by atoms with van der Waals surface area (Å²) < 4.78 is 16.1. The highest BCUT2D eigenvalue weighted by atomic mass is 16.6. The highest BCUT2D eigenvalue weighted by Crippen LogP contribution is 2.27. The second-order valence-electron chi connectivity index (χ2n) is 8.84. The summed E-state index contributed by atoms with van der Waals surface area (Å²) in [6.45, 7) is 6.06. The van der Waals surface area contributed by atoms with Gasteiger partial charge in [0.05, 0.1) is 49.6 Å². The Bertz CT molecular complexity index is 1470. The monoisotopic (exact) mass is 444 g/mol. The van der Waals surface area contributed by atoms with Crippen molar-refractivity contribution in [1.82, 2.24) is 28.9 Å². The van der Waals surface area contributed by atoms with Crippen LogP contribution in [-0.2, 0) is 11.3 Å². The van der Waals surface area contributed by atoms with Crippen LogP contribution in [0.15, 0.2) is 61.4 Å². The second kappa shape index (κ2) is 7.77. The van der Waals surface area contributed by atoms with Crippen molar-refractivity contribution in [2.45, 2.75) is 32.9 Å². The summed E-state index contributed by atoms with van der Waals surface area (Å²) in [5.41, 5.74) is 3.73. The van der Waals surface area contributed by atoms with E-state index >= 15 is 0 Å². The molecule has 0 aliphatic heterocycles. The standard InChI is InChI=1S/C24H24N6O3/c1-24(2,3)33-23(31)30-8-7-17-6-5-16(9-21(17)30)12-29-14-20(26-27-29)19-10-18(32-4)13-28-15-25-11-22(19)28/h5-11,13-15H,12H2,1-4H3. The van der Waals surface area contributed by atoms with Crippen molar-refractivity contribution in [3.05, 3.63) is 67.0 Å². The quantitative estimate of drug-likeness (QED) is 0.409. The summed E-state index contributed by atoms with van der Waals surface area (Å²) in [4.78, 5) is 16.8. The predicted octanol–water partition coefficient (Wildman–Crippen LogP) is 4.39. The summed E-state index contributed by atoms with van der Waals surface area (Å²) in [6.07, 6.45) is 8.59. The number of hydrogen-bond donors (Lipinski definition) is 0. The molecule has 0 spiro atoms. The van der Waals surface area contributed by atoms with Gasteiger partial charge in [0.25, 0.3) is 0 Å². The minimum absolute atomic E-state index is 0.402. The van der Waals surface area contributed by atoms with Gasteiger partial charge >= 0.3 is 6.09 Å². The van der Waals surface area contributed by atoms with E-state index in [4.69, 9.17) is 9.47 Å². The largest absolute Gasteiger partial charge is 0.495 e. The zero-order valence-corrected chi connectivity index (χ0v) is 18.9. The Kier molecular flexibility index (Phi) is 4.88. The minimum Gasteiger partial charge on any atom is -0.495 e. The molecular formula is C24H24N6O3. The molecule has 0 N–H and O–H groups in total. The number of nitrogens with zero attached hydrogens (tertiary/aromatic N) is 6. The molecule has 0 aliphatic rings. The third-order valence-corrected chi connectivity index (χ3v) is 5.24. The van der Waals surface area contributed by atoms with E-state index in [-0.39, 0.29) is 0 Å². The summed E-state index contributed by atoms with van der Waals surface area (Å²) in [7, 11) is 1.63. The van der Waals surface area contributed by atoms with Gasteiger partial charge in [-0.05, 0) is 44.5 Å². The van der Waals surface area contributed by atoms with Gasteiger partial charge in [0.1, 0.15) is 17.0 Å². The highest BCUT2D eigenvalue weighted by molar-refractivity contribution is 5.90. The van der Waals surface area contributed by atoms with Gasteiger partial charge in [0.15, 0.2) is 0 Å². The van der Waals surface area contributed by atoms with Gasteiger partial charge < -0.3 is 13.9 Å². The Labute approximate surface area is 190 Å². The number of pyridine rings is 1. The van der Waals surface area contributed by atoms with Crippen LogP contribution in [0.3, 0.4) is 0 Å². The molecule has 0 saturated heterocycles. The molecule has 5 aromatic rings. The Morgan fingerprint density at radius 2 is 1.94 bits per heavy atom. The summed E-state index contributed by atoms with van der Waals surface area (Å²) in [5, 5.41) is 9.63. The van der Waals surface area contributed by atoms with Gasteiger partial charge in [-0.2, -0.15) is 0 Å². The first kappa shape index (κ1) is 20.7. The number of ether oxygens (including phenoxy) is 2. The number of methoxy groups -OCH3 is 1. The molecule has 0 radical (unpaired) electrons. The first-order valence-corrected chi connectivity index (χ1v) is 10.5. The molecular weight excluding hydrogens is 420 g/mol. The van der Waals surface area contributed by atoms with Crippen molar-refractivity contribution in [3.8, 4) is 17.0 Å². The zero-order chi connectivity index (χ0) is 23.2. The van der Waals surface area contributed by atoms with Crippen molar-refractivity contribution >= 4 is 22.5 Å². The Morgan fingerprint density at radius 3 is 2.73 bits per heavy atom. The molecule has 4 heterocycles. The Balaban J connectivity index is 1.44. The normalized spacial score (nSPS) is 11.9. The second-order valence-corrected chi connectivity index (χ2v) is 8.84. The van der Waals surface area contributed by atoms with Crippen molar-refractivity contribution in [3.63, 3.8) is 0 Å². The fourth-order valence-corrected chi connectivity index (χ4v) is 3.75. The molecule has 0 amide bonds. The molecule has 168 valence electrons. The van der Waals surface area contributed by atoms with E-state index in [0.29, 0.717) is 12.3 Å². The van der Waals surface area contributed by atoms with E-state index in [1.165, 1.54) is 4.57 Å². The van der Waals surface area contributed by atoms with E-state index < -0.39 is 11.7 Å². The SMILES string of the molecule is COc1cc(-c2cn(Cc3ccc4ccn(C(=O)OC(C)(C)C)c4c3)nn2)c2cncn2c1. The van der Waals surface area contributed by atoms with E-state index in [1.807, 2.05) is 67.9 Å². The average Bonchev–Trinajstić information content (AvgIpc) is 3.50. The fourth-order valence-electron chi connectivity index (χ4n) is 3.75. The molecule has 0 aliphatic carbocycles. The third-order valence-electron chi connectivity index (χ3n) is 5.24. The maximum Gasteiger partial charge on any atom is 0.418 e. The van der Waals surface area contributed by atoms with Gasteiger partial charge in [0, 0.05) is 17.1 Å². The van der Waals surface area contributed by atoms with Gasteiger partial charge in [-0.1, -0.05) is 17.3 Å². The van der Waals surface area contributed by atoms with Gasteiger partial charge in [-0.3, -0.25) is 4.57 Å². The fraction of sp³-hybridized carbons (Fsp3) is 0.250. The number of aromatic nitrogens is 6. The van der Waals surface area contributed by atoms with E-state index in [1.54, 1.807) is 30.5 Å². The van der Waals surface area contributed by atoms with Crippen molar-refractivity contribution in [2.24, 2.45) is 0 Å². The summed E-state index contributed by atoms with van der Waals surface area (Å²) >= 11 is 0. The molecule has 0 saturated carbocycles. The lowest BCUT2D eigenvalue weighted by atomic mass is 10.1. The number of fused-ring (bicyclic) bond motifs is 2. The van der Waals surface area contributed by atoms with Crippen LogP contribution in [0, 0.1) is 0 Å². The zero-order valence-electron chi connectivity index (χ0n) is 18.9. The average molecular weight is 444 g/mol. The lowest BCUT2D eigenvalue weighted by Gasteiger charge is -2.19. The predicted molar refractivity (Wildman–Crippen MR) is 123 cm³/mol. The smallest absolute Gasteiger partial charge is 0.418 e. The summed E-state index contributed by atoms with van der Waals surface area (Å²) in [6, 6.07) is 9.80. The third kappa shape index (κ3) is 4.05. The van der Waals surface area contributed by atoms with Gasteiger partial charge in [-0.15, -0.1) is 5.10 Å². The Hall–Kier alpha value is -4.14. The molecule has 33 heavy (non-hydrogen) atoms. The van der Waals surface area contributed by atoms with Gasteiger partial charge in [-0.25, -0.2) is 14.5 Å².